The summed E-state index contributed by atoms with van der Waals surface area (Å²) in [6.45, 7) is 2.65. The predicted octanol–water partition coefficient (Wildman–Crippen LogP) is 3.62. The summed E-state index contributed by atoms with van der Waals surface area (Å²) in [6.07, 6.45) is 0. The van der Waals surface area contributed by atoms with E-state index in [2.05, 4.69) is 4.74 Å². The number of Topliss-reactive ketones (excluding diaryl/α,β-unsaturated/α-hetero) is 1. The van der Waals surface area contributed by atoms with E-state index in [4.69, 9.17) is 0 Å². The molecule has 0 aliphatic heterocycles. The number of carbonyl (C=O) groups is 1. The van der Waals surface area contributed by atoms with E-state index >= 15 is 0 Å². The Morgan fingerprint density at radius 3 is 2.44 bits per heavy atom. The lowest BCUT2D eigenvalue weighted by Crippen LogP contribution is -2.05. The van der Waals surface area contributed by atoms with Crippen molar-refractivity contribution in [3.8, 4) is 5.75 Å². The van der Waals surface area contributed by atoms with Crippen molar-refractivity contribution in [3.05, 3.63) is 29.8 Å². The van der Waals surface area contributed by atoms with Gasteiger partial charge in [-0.05, 0) is 24.0 Å². The molecule has 18 heavy (non-hydrogen) atoms. The summed E-state index contributed by atoms with van der Waals surface area (Å²) in [7, 11) is 0. The first-order valence-electron chi connectivity index (χ1n) is 5.90. The SMILES string of the molecule is CC(=O)C1C(c2ccccc2OC(F)F)C1(C)C. The minimum atomic E-state index is -2.84. The molecule has 0 saturated heterocycles. The molecule has 98 valence electrons. The van der Waals surface area contributed by atoms with E-state index in [0.717, 1.165) is 0 Å². The number of para-hydroxylation sites is 1. The molecular formula is C14H16F2O2. The van der Waals surface area contributed by atoms with Crippen LogP contribution in [0, 0.1) is 11.3 Å². The molecule has 0 radical (unpaired) electrons. The molecular weight excluding hydrogens is 238 g/mol. The molecule has 1 aliphatic carbocycles. The van der Waals surface area contributed by atoms with Gasteiger partial charge in [-0.3, -0.25) is 4.79 Å². The molecule has 1 fully saturated rings. The third-order valence-corrected chi connectivity index (χ3v) is 3.74. The van der Waals surface area contributed by atoms with Crippen molar-refractivity contribution >= 4 is 5.78 Å². The van der Waals surface area contributed by atoms with Gasteiger partial charge in [0.25, 0.3) is 0 Å². The molecule has 0 amide bonds. The molecule has 4 heteroatoms. The van der Waals surface area contributed by atoms with Crippen LogP contribution in [0.15, 0.2) is 24.3 Å². The summed E-state index contributed by atoms with van der Waals surface area (Å²) in [5, 5.41) is 0. The van der Waals surface area contributed by atoms with E-state index in [1.54, 1.807) is 25.1 Å². The molecule has 1 saturated carbocycles. The topological polar surface area (TPSA) is 26.3 Å². The summed E-state index contributed by atoms with van der Waals surface area (Å²) in [5.74, 6) is 0.121. The van der Waals surface area contributed by atoms with E-state index in [-0.39, 0.29) is 28.8 Å². The van der Waals surface area contributed by atoms with Crippen LogP contribution in [0.4, 0.5) is 8.78 Å². The lowest BCUT2D eigenvalue weighted by atomic mass is 10.0. The van der Waals surface area contributed by atoms with Crippen molar-refractivity contribution in [2.75, 3.05) is 0 Å². The first kappa shape index (κ1) is 13.0. The second kappa shape index (κ2) is 4.34. The summed E-state index contributed by atoms with van der Waals surface area (Å²) in [6, 6.07) is 6.71. The second-order valence-electron chi connectivity index (χ2n) is 5.30. The van der Waals surface area contributed by atoms with Crippen LogP contribution in [0.3, 0.4) is 0 Å². The maximum atomic E-state index is 12.3. The molecule has 0 heterocycles. The molecule has 2 nitrogen and oxygen atoms in total. The zero-order chi connectivity index (χ0) is 13.5. The Morgan fingerprint density at radius 1 is 1.33 bits per heavy atom. The van der Waals surface area contributed by atoms with Gasteiger partial charge in [0.05, 0.1) is 0 Å². The van der Waals surface area contributed by atoms with Gasteiger partial charge < -0.3 is 4.74 Å². The van der Waals surface area contributed by atoms with Crippen molar-refractivity contribution in [2.45, 2.75) is 33.3 Å². The van der Waals surface area contributed by atoms with Crippen LogP contribution in [0.5, 0.6) is 5.75 Å². The standard InChI is InChI=1S/C14H16F2O2/c1-8(17)11-12(14(11,2)3)9-6-4-5-7-10(9)18-13(15)16/h4-7,11-13H,1-3H3. The van der Waals surface area contributed by atoms with E-state index in [1.807, 2.05) is 13.8 Å². The molecule has 0 N–H and O–H groups in total. The van der Waals surface area contributed by atoms with Crippen LogP contribution >= 0.6 is 0 Å². The smallest absolute Gasteiger partial charge is 0.387 e. The normalized spacial score (nSPS) is 25.0. The molecule has 1 aliphatic rings. The Morgan fingerprint density at radius 2 is 1.94 bits per heavy atom. The Balaban J connectivity index is 2.33. The summed E-state index contributed by atoms with van der Waals surface area (Å²) >= 11 is 0. The quantitative estimate of drug-likeness (QED) is 0.820. The van der Waals surface area contributed by atoms with Gasteiger partial charge in [0.1, 0.15) is 11.5 Å². The van der Waals surface area contributed by atoms with Crippen LogP contribution in [0.2, 0.25) is 0 Å². The van der Waals surface area contributed by atoms with Crippen LogP contribution in [-0.2, 0) is 4.79 Å². The molecule has 1 aromatic rings. The lowest BCUT2D eigenvalue weighted by molar-refractivity contribution is -0.118. The number of halogens is 2. The second-order valence-corrected chi connectivity index (χ2v) is 5.30. The first-order valence-corrected chi connectivity index (χ1v) is 5.90. The lowest BCUT2D eigenvalue weighted by Gasteiger charge is -2.11. The van der Waals surface area contributed by atoms with Gasteiger partial charge in [-0.25, -0.2) is 0 Å². The highest BCUT2D eigenvalue weighted by atomic mass is 19.3. The van der Waals surface area contributed by atoms with Gasteiger partial charge in [0.15, 0.2) is 0 Å². The van der Waals surface area contributed by atoms with Crippen LogP contribution < -0.4 is 4.74 Å². The van der Waals surface area contributed by atoms with Gasteiger partial charge in [-0.2, -0.15) is 8.78 Å². The van der Waals surface area contributed by atoms with Crippen molar-refractivity contribution in [1.82, 2.24) is 0 Å². The van der Waals surface area contributed by atoms with Crippen LogP contribution in [0.25, 0.3) is 0 Å². The maximum Gasteiger partial charge on any atom is 0.387 e. The van der Waals surface area contributed by atoms with Crippen molar-refractivity contribution in [3.63, 3.8) is 0 Å². The van der Waals surface area contributed by atoms with E-state index in [1.165, 1.54) is 6.07 Å². The van der Waals surface area contributed by atoms with Gasteiger partial charge in [0.2, 0.25) is 0 Å². The Kier molecular flexibility index (Phi) is 3.13. The number of ketones is 1. The molecule has 2 atom stereocenters. The Hall–Kier alpha value is -1.45. The van der Waals surface area contributed by atoms with Gasteiger partial charge in [-0.1, -0.05) is 32.0 Å². The molecule has 2 unspecified atom stereocenters. The first-order chi connectivity index (χ1) is 8.35. The van der Waals surface area contributed by atoms with E-state index in [9.17, 15) is 13.6 Å². The van der Waals surface area contributed by atoms with E-state index in [0.29, 0.717) is 5.56 Å². The minimum absolute atomic E-state index is 0.0371. The van der Waals surface area contributed by atoms with Gasteiger partial charge >= 0.3 is 6.61 Å². The summed E-state index contributed by atoms with van der Waals surface area (Å²) in [5.41, 5.74) is 0.510. The average molecular weight is 254 g/mol. The monoisotopic (exact) mass is 254 g/mol. The average Bonchev–Trinajstić information content (AvgIpc) is 2.81. The van der Waals surface area contributed by atoms with Crippen LogP contribution in [0.1, 0.15) is 32.3 Å². The molecule has 1 aromatic carbocycles. The maximum absolute atomic E-state index is 12.3. The zero-order valence-electron chi connectivity index (χ0n) is 10.6. The number of hydrogen-bond acceptors (Lipinski definition) is 2. The number of rotatable bonds is 4. The highest BCUT2D eigenvalue weighted by Crippen LogP contribution is 2.66. The largest absolute Gasteiger partial charge is 0.435 e. The Labute approximate surface area is 105 Å². The number of ether oxygens (including phenoxy) is 1. The Bertz CT molecular complexity index is 469. The highest BCUT2D eigenvalue weighted by Gasteiger charge is 2.61. The van der Waals surface area contributed by atoms with Crippen molar-refractivity contribution < 1.29 is 18.3 Å². The highest BCUT2D eigenvalue weighted by molar-refractivity contribution is 5.84. The molecule has 0 spiro atoms. The number of carbonyl (C=O) groups excluding carboxylic acids is 1. The molecule has 0 bridgehead atoms. The molecule has 0 aromatic heterocycles. The number of benzene rings is 1. The van der Waals surface area contributed by atoms with Crippen LogP contribution in [-0.4, -0.2) is 12.4 Å². The fourth-order valence-electron chi connectivity index (χ4n) is 2.92. The summed E-state index contributed by atoms with van der Waals surface area (Å²) < 4.78 is 29.2. The van der Waals surface area contributed by atoms with Gasteiger partial charge in [-0.15, -0.1) is 0 Å². The predicted molar refractivity (Wildman–Crippen MR) is 63.8 cm³/mol. The fourth-order valence-corrected chi connectivity index (χ4v) is 2.92. The van der Waals surface area contributed by atoms with E-state index < -0.39 is 6.61 Å². The summed E-state index contributed by atoms with van der Waals surface area (Å²) in [4.78, 5) is 11.5. The number of alkyl halides is 2. The fraction of sp³-hybridized carbons (Fsp3) is 0.500. The molecule has 2 rings (SSSR count). The third-order valence-electron chi connectivity index (χ3n) is 3.74. The third kappa shape index (κ3) is 2.11. The zero-order valence-corrected chi connectivity index (χ0v) is 10.6. The van der Waals surface area contributed by atoms with Crippen molar-refractivity contribution in [2.24, 2.45) is 11.3 Å². The number of hydrogen-bond donors (Lipinski definition) is 0. The van der Waals surface area contributed by atoms with Crippen molar-refractivity contribution in [1.29, 1.82) is 0 Å². The van der Waals surface area contributed by atoms with Gasteiger partial charge in [0, 0.05) is 11.8 Å². The minimum Gasteiger partial charge on any atom is -0.435 e.